The van der Waals surface area contributed by atoms with Crippen molar-refractivity contribution in [2.75, 3.05) is 5.32 Å². The highest BCUT2D eigenvalue weighted by Crippen LogP contribution is 2.36. The summed E-state index contributed by atoms with van der Waals surface area (Å²) in [6, 6.07) is 15.4. The Morgan fingerprint density at radius 2 is 1.82 bits per heavy atom. The van der Waals surface area contributed by atoms with E-state index in [0.717, 1.165) is 40.0 Å². The quantitative estimate of drug-likeness (QED) is 0.665. The molecule has 0 atom stereocenters. The molecule has 4 rings (SSSR count). The molecule has 0 radical (unpaired) electrons. The van der Waals surface area contributed by atoms with Crippen LogP contribution in [0.2, 0.25) is 0 Å². The Balaban J connectivity index is 1.62. The number of anilines is 1. The number of carbonyl (C=O) groups excluding carboxylic acids is 1. The second kappa shape index (κ2) is 7.72. The molecule has 0 spiro atoms. The van der Waals surface area contributed by atoms with Crippen LogP contribution in [-0.4, -0.2) is 21.8 Å². The van der Waals surface area contributed by atoms with Crippen LogP contribution in [0.25, 0.3) is 5.69 Å². The number of aryl methyl sites for hydroxylation is 1. The minimum Gasteiger partial charge on any atom is -0.491 e. The summed E-state index contributed by atoms with van der Waals surface area (Å²) in [6.07, 6.45) is 0.101. The number of nitrogens with one attached hydrogen (secondary N) is 1. The first-order valence-corrected chi connectivity index (χ1v) is 10.5. The van der Waals surface area contributed by atoms with Crippen LogP contribution in [0.3, 0.4) is 0 Å². The van der Waals surface area contributed by atoms with Gasteiger partial charge < -0.3 is 10.1 Å². The normalized spacial score (nSPS) is 12.9. The third kappa shape index (κ3) is 3.78. The van der Waals surface area contributed by atoms with Crippen LogP contribution in [0.4, 0.5) is 5.82 Å². The zero-order valence-electron chi connectivity index (χ0n) is 16.2. The highest BCUT2D eigenvalue weighted by molar-refractivity contribution is 7.98. The number of aromatic nitrogens is 2. The Morgan fingerprint density at radius 1 is 1.11 bits per heavy atom. The molecule has 28 heavy (non-hydrogen) atoms. The number of hydrogen-bond acceptors (Lipinski definition) is 4. The minimum atomic E-state index is -0.149. The smallest absolute Gasteiger partial charge is 0.256 e. The Kier molecular flexibility index (Phi) is 5.13. The zero-order valence-corrected chi connectivity index (χ0v) is 17.0. The predicted octanol–water partition coefficient (Wildman–Crippen LogP) is 4.97. The van der Waals surface area contributed by atoms with Gasteiger partial charge in [0.2, 0.25) is 0 Å². The summed E-state index contributed by atoms with van der Waals surface area (Å²) in [5.41, 5.74) is 4.88. The molecular formula is C22H23N3O2S. The van der Waals surface area contributed by atoms with E-state index in [2.05, 4.69) is 24.4 Å². The van der Waals surface area contributed by atoms with Gasteiger partial charge in [0.25, 0.3) is 5.91 Å². The Morgan fingerprint density at radius 3 is 2.50 bits per heavy atom. The van der Waals surface area contributed by atoms with Crippen LogP contribution in [0, 0.1) is 6.92 Å². The fourth-order valence-corrected chi connectivity index (χ4v) is 4.19. The van der Waals surface area contributed by atoms with Crippen LogP contribution in [0.15, 0.2) is 48.5 Å². The molecule has 0 bridgehead atoms. The van der Waals surface area contributed by atoms with Crippen molar-refractivity contribution in [3.8, 4) is 11.4 Å². The van der Waals surface area contributed by atoms with E-state index in [0.29, 0.717) is 5.56 Å². The molecule has 5 nitrogen and oxygen atoms in total. The van der Waals surface area contributed by atoms with Crippen LogP contribution < -0.4 is 10.1 Å². The molecule has 0 fully saturated rings. The standard InChI is InChI=1S/C22H23N3O2S/c1-14(2)27-18-10-6-16(7-11-18)22(26)23-21-19-12-28-13-20(19)24-25(21)17-8-4-15(3)5-9-17/h4-11,14H,12-13H2,1-3H3,(H,23,26). The average molecular weight is 394 g/mol. The van der Waals surface area contributed by atoms with E-state index in [1.165, 1.54) is 5.56 Å². The van der Waals surface area contributed by atoms with Gasteiger partial charge in [-0.05, 0) is 57.2 Å². The van der Waals surface area contributed by atoms with Crippen molar-refractivity contribution in [3.63, 3.8) is 0 Å². The first-order valence-electron chi connectivity index (χ1n) is 9.35. The number of rotatable bonds is 5. The van der Waals surface area contributed by atoms with Gasteiger partial charge in [-0.15, -0.1) is 0 Å². The number of hydrogen-bond donors (Lipinski definition) is 1. The average Bonchev–Trinajstić information content (AvgIpc) is 3.25. The molecular weight excluding hydrogens is 370 g/mol. The molecule has 2 aromatic carbocycles. The van der Waals surface area contributed by atoms with Crippen molar-refractivity contribution in [3.05, 3.63) is 70.9 Å². The van der Waals surface area contributed by atoms with Gasteiger partial charge in [-0.1, -0.05) is 17.7 Å². The number of benzene rings is 2. The molecule has 1 N–H and O–H groups in total. The highest BCUT2D eigenvalue weighted by atomic mass is 32.2. The summed E-state index contributed by atoms with van der Waals surface area (Å²) >= 11 is 1.82. The Labute approximate surface area is 169 Å². The lowest BCUT2D eigenvalue weighted by Crippen LogP contribution is -2.16. The summed E-state index contributed by atoms with van der Waals surface area (Å²) in [4.78, 5) is 12.9. The van der Waals surface area contributed by atoms with Crippen molar-refractivity contribution in [2.24, 2.45) is 0 Å². The number of thioether (sulfide) groups is 1. The fraction of sp³-hybridized carbons (Fsp3) is 0.273. The summed E-state index contributed by atoms with van der Waals surface area (Å²) in [6.45, 7) is 6.01. The van der Waals surface area contributed by atoms with E-state index in [4.69, 9.17) is 9.84 Å². The number of nitrogens with zero attached hydrogens (tertiary/aromatic N) is 2. The van der Waals surface area contributed by atoms with Crippen molar-refractivity contribution in [1.82, 2.24) is 9.78 Å². The van der Waals surface area contributed by atoms with Gasteiger partial charge in [0.1, 0.15) is 11.6 Å². The third-order valence-electron chi connectivity index (χ3n) is 4.55. The largest absolute Gasteiger partial charge is 0.491 e. The maximum Gasteiger partial charge on any atom is 0.256 e. The first-order chi connectivity index (χ1) is 13.5. The number of carbonyl (C=O) groups is 1. The summed E-state index contributed by atoms with van der Waals surface area (Å²) in [7, 11) is 0. The van der Waals surface area contributed by atoms with E-state index < -0.39 is 0 Å². The zero-order chi connectivity index (χ0) is 19.7. The topological polar surface area (TPSA) is 56.2 Å². The van der Waals surface area contributed by atoms with E-state index in [1.807, 2.05) is 54.6 Å². The molecule has 3 aromatic rings. The van der Waals surface area contributed by atoms with Crippen LogP contribution in [0.5, 0.6) is 5.75 Å². The second-order valence-electron chi connectivity index (χ2n) is 7.16. The molecule has 1 aromatic heterocycles. The van der Waals surface area contributed by atoms with Crippen molar-refractivity contribution in [2.45, 2.75) is 38.4 Å². The molecule has 1 aliphatic rings. The molecule has 1 amide bonds. The lowest BCUT2D eigenvalue weighted by molar-refractivity contribution is 0.102. The second-order valence-corrected chi connectivity index (χ2v) is 8.14. The monoisotopic (exact) mass is 393 g/mol. The summed E-state index contributed by atoms with van der Waals surface area (Å²) < 4.78 is 7.50. The van der Waals surface area contributed by atoms with E-state index in [-0.39, 0.29) is 12.0 Å². The molecule has 1 aliphatic heterocycles. The van der Waals surface area contributed by atoms with Gasteiger partial charge in [0.15, 0.2) is 0 Å². The molecule has 0 saturated heterocycles. The van der Waals surface area contributed by atoms with E-state index in [9.17, 15) is 4.79 Å². The number of ether oxygens (including phenoxy) is 1. The van der Waals surface area contributed by atoms with Crippen molar-refractivity contribution >= 4 is 23.5 Å². The lowest BCUT2D eigenvalue weighted by atomic mass is 10.2. The third-order valence-corrected chi connectivity index (χ3v) is 5.52. The molecule has 144 valence electrons. The fourth-order valence-electron chi connectivity index (χ4n) is 3.15. The Hall–Kier alpha value is -2.73. The molecule has 0 aliphatic carbocycles. The lowest BCUT2D eigenvalue weighted by Gasteiger charge is -2.12. The van der Waals surface area contributed by atoms with E-state index in [1.54, 1.807) is 12.1 Å². The Bertz CT molecular complexity index is 992. The summed E-state index contributed by atoms with van der Waals surface area (Å²) in [5, 5.41) is 7.83. The van der Waals surface area contributed by atoms with Crippen LogP contribution in [0.1, 0.15) is 41.0 Å². The maximum absolute atomic E-state index is 12.9. The van der Waals surface area contributed by atoms with Gasteiger partial charge in [-0.25, -0.2) is 4.68 Å². The van der Waals surface area contributed by atoms with Gasteiger partial charge >= 0.3 is 0 Å². The number of amides is 1. The molecule has 6 heteroatoms. The molecule has 2 heterocycles. The maximum atomic E-state index is 12.9. The van der Waals surface area contributed by atoms with Gasteiger partial charge in [0.05, 0.1) is 17.5 Å². The van der Waals surface area contributed by atoms with Crippen LogP contribution >= 0.6 is 11.8 Å². The SMILES string of the molecule is Cc1ccc(-n2nc3c(c2NC(=O)c2ccc(OC(C)C)cc2)CSC3)cc1. The highest BCUT2D eigenvalue weighted by Gasteiger charge is 2.25. The number of fused-ring (bicyclic) bond motifs is 1. The van der Waals surface area contributed by atoms with Crippen molar-refractivity contribution < 1.29 is 9.53 Å². The van der Waals surface area contributed by atoms with Gasteiger partial charge in [0, 0.05) is 22.6 Å². The predicted molar refractivity (Wildman–Crippen MR) is 113 cm³/mol. The molecule has 0 saturated carbocycles. The molecule has 0 unspecified atom stereocenters. The van der Waals surface area contributed by atoms with Gasteiger partial charge in [-0.2, -0.15) is 16.9 Å². The minimum absolute atomic E-state index is 0.101. The van der Waals surface area contributed by atoms with Gasteiger partial charge in [-0.3, -0.25) is 4.79 Å². The van der Waals surface area contributed by atoms with Crippen molar-refractivity contribution in [1.29, 1.82) is 0 Å². The first kappa shape index (κ1) is 18.6. The van der Waals surface area contributed by atoms with E-state index >= 15 is 0 Å². The summed E-state index contributed by atoms with van der Waals surface area (Å²) in [5.74, 6) is 3.10. The van der Waals surface area contributed by atoms with Crippen LogP contribution in [-0.2, 0) is 11.5 Å².